The van der Waals surface area contributed by atoms with E-state index in [2.05, 4.69) is 40.7 Å². The van der Waals surface area contributed by atoms with Crippen molar-refractivity contribution >= 4 is 17.6 Å². The number of fused-ring (bicyclic) bond motifs is 5. The average Bonchev–Trinajstić information content (AvgIpc) is 3.10. The van der Waals surface area contributed by atoms with Gasteiger partial charge in [0.15, 0.2) is 0 Å². The molecule has 4 aliphatic rings. The van der Waals surface area contributed by atoms with E-state index in [0.29, 0.717) is 15.9 Å². The minimum absolute atomic E-state index is 0.00653. The summed E-state index contributed by atoms with van der Waals surface area (Å²) in [5.41, 5.74) is 2.41. The lowest BCUT2D eigenvalue weighted by molar-refractivity contribution is -0.145. The van der Waals surface area contributed by atoms with Crippen molar-refractivity contribution in [3.8, 4) is 0 Å². The van der Waals surface area contributed by atoms with Crippen molar-refractivity contribution in [2.24, 2.45) is 46.3 Å². The van der Waals surface area contributed by atoms with Gasteiger partial charge in [0.1, 0.15) is 6.10 Å². The van der Waals surface area contributed by atoms with Gasteiger partial charge in [-0.1, -0.05) is 77.1 Å². The van der Waals surface area contributed by atoms with Crippen LogP contribution in [0.4, 0.5) is 0 Å². The number of ether oxygens (including phenoxy) is 1. The van der Waals surface area contributed by atoms with Crippen LogP contribution in [-0.4, -0.2) is 12.1 Å². The molecule has 192 valence electrons. The zero-order valence-corrected chi connectivity index (χ0v) is 23.4. The molecule has 0 aromatic carbocycles. The number of hydrogen-bond donors (Lipinski definition) is 0. The number of carbonyl (C=O) groups excluding carboxylic acids is 1. The molecule has 0 spiro atoms. The van der Waals surface area contributed by atoms with Crippen LogP contribution in [-0.2, 0) is 9.53 Å². The maximum absolute atomic E-state index is 12.1. The second-order valence-electron chi connectivity index (χ2n) is 13.3. The van der Waals surface area contributed by atoms with E-state index in [9.17, 15) is 4.79 Å². The predicted octanol–water partition coefficient (Wildman–Crippen LogP) is 9.08. The van der Waals surface area contributed by atoms with Gasteiger partial charge in [0.2, 0.25) is 0 Å². The van der Waals surface area contributed by atoms with E-state index in [-0.39, 0.29) is 12.1 Å². The van der Waals surface area contributed by atoms with Gasteiger partial charge in [-0.2, -0.15) is 0 Å². The Hall–Kier alpha value is -0.760. The molecule has 0 N–H and O–H groups in total. The Morgan fingerprint density at radius 3 is 2.59 bits per heavy atom. The van der Waals surface area contributed by atoms with Crippen molar-refractivity contribution in [2.75, 3.05) is 0 Å². The monoisotopic (exact) mass is 488 g/mol. The van der Waals surface area contributed by atoms with Crippen molar-refractivity contribution in [3.05, 3.63) is 22.8 Å². The molecule has 5 unspecified atom stereocenters. The van der Waals surface area contributed by atoms with Crippen molar-refractivity contribution in [1.29, 1.82) is 0 Å². The van der Waals surface area contributed by atoms with Gasteiger partial charge >= 0.3 is 5.97 Å². The summed E-state index contributed by atoms with van der Waals surface area (Å²) in [6.07, 6.45) is 18.2. The minimum Gasteiger partial charge on any atom is -0.459 e. The first-order valence-electron chi connectivity index (χ1n) is 14.3. The normalized spacial score (nSPS) is 40.8. The number of halogens is 1. The lowest BCUT2D eigenvalue weighted by Crippen LogP contribution is -2.51. The molecule has 0 amide bonds. The molecule has 0 aliphatic heterocycles. The van der Waals surface area contributed by atoms with Gasteiger partial charge in [-0.3, -0.25) is 0 Å². The Kier molecular flexibility index (Phi) is 7.98. The van der Waals surface area contributed by atoms with Crippen LogP contribution in [0.25, 0.3) is 0 Å². The van der Waals surface area contributed by atoms with Crippen molar-refractivity contribution < 1.29 is 9.53 Å². The molecule has 2 nitrogen and oxygen atoms in total. The highest BCUT2D eigenvalue weighted by molar-refractivity contribution is 6.30. The summed E-state index contributed by atoms with van der Waals surface area (Å²) in [4.78, 5) is 12.1. The summed E-state index contributed by atoms with van der Waals surface area (Å²) >= 11 is 5.87. The average molecular weight is 489 g/mol. The molecule has 0 heterocycles. The third-order valence-electron chi connectivity index (χ3n) is 10.9. The van der Waals surface area contributed by atoms with E-state index < -0.39 is 0 Å². The van der Waals surface area contributed by atoms with Crippen LogP contribution in [0.3, 0.4) is 0 Å². The Morgan fingerprint density at radius 2 is 1.88 bits per heavy atom. The number of rotatable bonds is 7. The van der Waals surface area contributed by atoms with Gasteiger partial charge in [0.25, 0.3) is 0 Å². The largest absolute Gasteiger partial charge is 0.459 e. The number of esters is 1. The number of carbonyl (C=O) groups is 1. The first kappa shape index (κ1) is 26.3. The molecule has 3 saturated carbocycles. The second-order valence-corrected chi connectivity index (χ2v) is 13.9. The lowest BCUT2D eigenvalue weighted by Gasteiger charge is -2.58. The Morgan fingerprint density at radius 1 is 1.12 bits per heavy atom. The number of allylic oxidation sites excluding steroid dienone is 2. The van der Waals surface area contributed by atoms with Gasteiger partial charge < -0.3 is 4.74 Å². The highest BCUT2D eigenvalue weighted by Crippen LogP contribution is 2.67. The lowest BCUT2D eigenvalue weighted by atomic mass is 9.47. The van der Waals surface area contributed by atoms with E-state index in [1.807, 2.05) is 0 Å². The van der Waals surface area contributed by atoms with Gasteiger partial charge in [-0.25, -0.2) is 4.79 Å². The van der Waals surface area contributed by atoms with Crippen LogP contribution < -0.4 is 0 Å². The standard InChI is InChI=1S/C31H49ClO2/c1-20(2)8-7-9-21(3)26-12-13-27-25-11-10-23-19-24(34-29(33)18-22(4)32)14-16-30(23,5)28(25)15-17-31(26,27)6/h10,18,20-21,24-28H,7-9,11-17,19H2,1-6H3/b22-18+/t21?,24-,25?,26?,27?,28?,30-,31+/m0/s1. The molecular weight excluding hydrogens is 440 g/mol. The maximum Gasteiger partial charge on any atom is 0.332 e. The van der Waals surface area contributed by atoms with E-state index in [1.54, 1.807) is 12.5 Å². The van der Waals surface area contributed by atoms with Crippen molar-refractivity contribution in [1.82, 2.24) is 0 Å². The summed E-state index contributed by atoms with van der Waals surface area (Å²) in [5.74, 6) is 4.87. The van der Waals surface area contributed by atoms with E-state index >= 15 is 0 Å². The van der Waals surface area contributed by atoms with Crippen LogP contribution in [0.5, 0.6) is 0 Å². The fourth-order valence-corrected chi connectivity index (χ4v) is 9.20. The van der Waals surface area contributed by atoms with Crippen LogP contribution in [0.15, 0.2) is 22.8 Å². The molecule has 0 radical (unpaired) electrons. The zero-order valence-electron chi connectivity index (χ0n) is 22.7. The SMILES string of the molecule is C/C(Cl)=C\C(=O)O[C@H]1CC[C@@]2(C)C(=CCC3C4CCC(C(C)CCCC(C)C)[C@@]4(C)CCC32)C1. The molecule has 8 atom stereocenters. The highest BCUT2D eigenvalue weighted by Gasteiger charge is 2.59. The Bertz CT molecular complexity index is 808. The highest BCUT2D eigenvalue weighted by atomic mass is 35.5. The summed E-state index contributed by atoms with van der Waals surface area (Å²) in [6, 6.07) is 0. The fourth-order valence-electron chi connectivity index (χ4n) is 9.11. The zero-order chi connectivity index (χ0) is 24.7. The molecule has 3 heteroatoms. The van der Waals surface area contributed by atoms with Crippen LogP contribution in [0.1, 0.15) is 112 Å². The first-order chi connectivity index (χ1) is 16.0. The summed E-state index contributed by atoms with van der Waals surface area (Å²) in [6.45, 7) is 14.2. The summed E-state index contributed by atoms with van der Waals surface area (Å²) in [7, 11) is 0. The van der Waals surface area contributed by atoms with Gasteiger partial charge in [-0.15, -0.1) is 0 Å². The molecule has 4 rings (SSSR count). The van der Waals surface area contributed by atoms with E-state index in [1.165, 1.54) is 57.4 Å². The Labute approximate surface area is 214 Å². The van der Waals surface area contributed by atoms with E-state index in [4.69, 9.17) is 16.3 Å². The van der Waals surface area contributed by atoms with Crippen molar-refractivity contribution in [2.45, 2.75) is 118 Å². The fraction of sp³-hybridized carbons (Fsp3) is 0.839. The molecule has 0 aromatic heterocycles. The van der Waals surface area contributed by atoms with E-state index in [0.717, 1.165) is 54.8 Å². The molecule has 0 saturated heterocycles. The molecular formula is C31H49ClO2. The molecule has 0 aromatic rings. The predicted molar refractivity (Wildman–Crippen MR) is 143 cm³/mol. The topological polar surface area (TPSA) is 26.3 Å². The van der Waals surface area contributed by atoms with Gasteiger partial charge in [0, 0.05) is 17.5 Å². The molecule has 34 heavy (non-hydrogen) atoms. The quantitative estimate of drug-likeness (QED) is 0.203. The summed E-state index contributed by atoms with van der Waals surface area (Å²) < 4.78 is 5.76. The van der Waals surface area contributed by atoms with Crippen LogP contribution in [0, 0.1) is 46.3 Å². The number of hydrogen-bond acceptors (Lipinski definition) is 2. The Balaban J connectivity index is 1.44. The summed E-state index contributed by atoms with van der Waals surface area (Å²) in [5, 5.41) is 0.486. The van der Waals surface area contributed by atoms with Gasteiger partial charge in [-0.05, 0) is 98.2 Å². The molecule has 3 fully saturated rings. The third kappa shape index (κ3) is 5.05. The minimum atomic E-state index is -0.289. The smallest absolute Gasteiger partial charge is 0.332 e. The van der Waals surface area contributed by atoms with Crippen molar-refractivity contribution in [3.63, 3.8) is 0 Å². The van der Waals surface area contributed by atoms with Gasteiger partial charge in [0.05, 0.1) is 0 Å². The molecule has 4 aliphatic carbocycles. The van der Waals surface area contributed by atoms with Crippen LogP contribution >= 0.6 is 11.6 Å². The second kappa shape index (κ2) is 10.3. The first-order valence-corrected chi connectivity index (χ1v) is 14.7. The maximum atomic E-state index is 12.1. The third-order valence-corrected chi connectivity index (χ3v) is 11.0. The molecule has 0 bridgehead atoms. The van der Waals surface area contributed by atoms with Crippen LogP contribution in [0.2, 0.25) is 0 Å².